The summed E-state index contributed by atoms with van der Waals surface area (Å²) in [6.07, 6.45) is 2.75. The van der Waals surface area contributed by atoms with Crippen LogP contribution in [0.3, 0.4) is 0 Å². The molecule has 134 valence electrons. The molecule has 1 N–H and O–H groups in total. The number of ether oxygens (including phenoxy) is 2. The standard InChI is InChI=1S/C18H28N2O4/c1-19(2)10-11-24-16-8-7-14(12-17(16)23-3)13-20-9-5-4-6-15(20)18(21)22/h7-8,12,15H,4-6,9-11,13H2,1-3H3,(H,21,22). The van der Waals surface area contributed by atoms with E-state index in [0.29, 0.717) is 18.9 Å². The molecular weight excluding hydrogens is 308 g/mol. The largest absolute Gasteiger partial charge is 0.493 e. The number of aliphatic carboxylic acids is 1. The van der Waals surface area contributed by atoms with E-state index in [-0.39, 0.29) is 6.04 Å². The van der Waals surface area contributed by atoms with Gasteiger partial charge in [-0.15, -0.1) is 0 Å². The Morgan fingerprint density at radius 2 is 2.12 bits per heavy atom. The second-order valence-corrected chi connectivity index (χ2v) is 6.46. The second kappa shape index (κ2) is 8.89. The quantitative estimate of drug-likeness (QED) is 0.784. The molecule has 6 heteroatoms. The van der Waals surface area contributed by atoms with E-state index in [0.717, 1.165) is 43.7 Å². The molecule has 1 atom stereocenters. The van der Waals surface area contributed by atoms with Gasteiger partial charge in [0.05, 0.1) is 7.11 Å². The molecule has 0 spiro atoms. The summed E-state index contributed by atoms with van der Waals surface area (Å²) in [6, 6.07) is 5.45. The van der Waals surface area contributed by atoms with Gasteiger partial charge in [-0.05, 0) is 51.2 Å². The summed E-state index contributed by atoms with van der Waals surface area (Å²) in [5, 5.41) is 9.38. The third-order valence-electron chi connectivity index (χ3n) is 4.31. The van der Waals surface area contributed by atoms with Gasteiger partial charge in [0.25, 0.3) is 0 Å². The van der Waals surface area contributed by atoms with Crippen molar-refractivity contribution in [3.63, 3.8) is 0 Å². The maximum atomic E-state index is 11.4. The minimum absolute atomic E-state index is 0.388. The molecule has 6 nitrogen and oxygen atoms in total. The van der Waals surface area contributed by atoms with E-state index >= 15 is 0 Å². The lowest BCUT2D eigenvalue weighted by Gasteiger charge is -2.32. The fraction of sp³-hybridized carbons (Fsp3) is 0.611. The number of benzene rings is 1. The smallest absolute Gasteiger partial charge is 0.320 e. The minimum atomic E-state index is -0.731. The van der Waals surface area contributed by atoms with Crippen LogP contribution in [-0.2, 0) is 11.3 Å². The third kappa shape index (κ3) is 5.11. The fourth-order valence-corrected chi connectivity index (χ4v) is 2.96. The van der Waals surface area contributed by atoms with Crippen molar-refractivity contribution in [3.05, 3.63) is 23.8 Å². The van der Waals surface area contributed by atoms with Gasteiger partial charge in [0.1, 0.15) is 12.6 Å². The number of hydrogen-bond acceptors (Lipinski definition) is 5. The molecule has 1 aliphatic heterocycles. The molecule has 1 aromatic rings. The van der Waals surface area contributed by atoms with Crippen LogP contribution < -0.4 is 9.47 Å². The van der Waals surface area contributed by atoms with Crippen molar-refractivity contribution in [1.82, 2.24) is 9.80 Å². The molecule has 1 aromatic carbocycles. The number of carbonyl (C=O) groups is 1. The summed E-state index contributed by atoms with van der Waals surface area (Å²) in [6.45, 7) is 2.86. The third-order valence-corrected chi connectivity index (χ3v) is 4.31. The van der Waals surface area contributed by atoms with Crippen LogP contribution in [-0.4, -0.2) is 67.8 Å². The van der Waals surface area contributed by atoms with Gasteiger partial charge in [0.2, 0.25) is 0 Å². The van der Waals surface area contributed by atoms with E-state index in [1.165, 1.54) is 0 Å². The zero-order chi connectivity index (χ0) is 17.5. The molecule has 0 radical (unpaired) electrons. The van der Waals surface area contributed by atoms with Crippen molar-refractivity contribution in [3.8, 4) is 11.5 Å². The Morgan fingerprint density at radius 1 is 1.33 bits per heavy atom. The van der Waals surface area contributed by atoms with Gasteiger partial charge in [-0.1, -0.05) is 12.5 Å². The molecule has 0 amide bonds. The van der Waals surface area contributed by atoms with Gasteiger partial charge in [0, 0.05) is 13.1 Å². The Hall–Kier alpha value is -1.79. The first-order chi connectivity index (χ1) is 11.5. The van der Waals surface area contributed by atoms with E-state index in [2.05, 4.69) is 4.90 Å². The zero-order valence-corrected chi connectivity index (χ0v) is 14.8. The van der Waals surface area contributed by atoms with Gasteiger partial charge < -0.3 is 19.5 Å². The molecule has 0 aromatic heterocycles. The number of carboxylic acid groups (broad SMARTS) is 1. The first kappa shape index (κ1) is 18.5. The maximum Gasteiger partial charge on any atom is 0.320 e. The van der Waals surface area contributed by atoms with Crippen molar-refractivity contribution in [2.75, 3.05) is 40.9 Å². The highest BCUT2D eigenvalue weighted by molar-refractivity contribution is 5.73. The molecule has 0 bridgehead atoms. The van der Waals surface area contributed by atoms with Crippen LogP contribution >= 0.6 is 0 Å². The highest BCUT2D eigenvalue weighted by atomic mass is 16.5. The number of likely N-dealkylation sites (N-methyl/N-ethyl adjacent to an activating group) is 1. The van der Waals surface area contributed by atoms with Crippen LogP contribution in [0.4, 0.5) is 0 Å². The maximum absolute atomic E-state index is 11.4. The number of piperidine rings is 1. The molecule has 0 saturated carbocycles. The number of methoxy groups -OCH3 is 1. The van der Waals surface area contributed by atoms with Crippen LogP contribution in [0.15, 0.2) is 18.2 Å². The number of nitrogens with zero attached hydrogens (tertiary/aromatic N) is 2. The van der Waals surface area contributed by atoms with Crippen LogP contribution in [0.25, 0.3) is 0 Å². The monoisotopic (exact) mass is 336 g/mol. The summed E-state index contributed by atoms with van der Waals surface area (Å²) >= 11 is 0. The fourth-order valence-electron chi connectivity index (χ4n) is 2.96. The highest BCUT2D eigenvalue weighted by Crippen LogP contribution is 2.29. The minimum Gasteiger partial charge on any atom is -0.493 e. The van der Waals surface area contributed by atoms with E-state index in [9.17, 15) is 9.90 Å². The highest BCUT2D eigenvalue weighted by Gasteiger charge is 2.28. The van der Waals surface area contributed by atoms with Crippen LogP contribution in [0.5, 0.6) is 11.5 Å². The first-order valence-corrected chi connectivity index (χ1v) is 8.42. The molecule has 0 aliphatic carbocycles. The van der Waals surface area contributed by atoms with E-state index in [1.54, 1.807) is 7.11 Å². The molecular formula is C18H28N2O4. The number of likely N-dealkylation sites (tertiary alicyclic amines) is 1. The predicted molar refractivity (Wildman–Crippen MR) is 92.7 cm³/mol. The normalized spacial score (nSPS) is 18.6. The van der Waals surface area contributed by atoms with Crippen molar-refractivity contribution >= 4 is 5.97 Å². The van der Waals surface area contributed by atoms with E-state index in [1.807, 2.05) is 37.2 Å². The van der Waals surface area contributed by atoms with E-state index < -0.39 is 5.97 Å². The summed E-state index contributed by atoms with van der Waals surface area (Å²) in [7, 11) is 5.63. The molecule has 1 aliphatic rings. The lowest BCUT2D eigenvalue weighted by Crippen LogP contribution is -2.43. The topological polar surface area (TPSA) is 62.2 Å². The molecule has 1 heterocycles. The lowest BCUT2D eigenvalue weighted by molar-refractivity contribution is -0.144. The lowest BCUT2D eigenvalue weighted by atomic mass is 10.0. The Labute approximate surface area is 144 Å². The number of rotatable bonds is 8. The molecule has 1 saturated heterocycles. The SMILES string of the molecule is COc1cc(CN2CCCCC2C(=O)O)ccc1OCCN(C)C. The Morgan fingerprint density at radius 3 is 2.79 bits per heavy atom. The van der Waals surface area contributed by atoms with Gasteiger partial charge in [-0.3, -0.25) is 9.69 Å². The number of carboxylic acids is 1. The summed E-state index contributed by atoms with van der Waals surface area (Å²) < 4.78 is 11.2. The summed E-state index contributed by atoms with van der Waals surface area (Å²) in [5.74, 6) is 0.678. The molecule has 24 heavy (non-hydrogen) atoms. The van der Waals surface area contributed by atoms with Crippen molar-refractivity contribution < 1.29 is 19.4 Å². The second-order valence-electron chi connectivity index (χ2n) is 6.46. The van der Waals surface area contributed by atoms with Gasteiger partial charge in [-0.25, -0.2) is 0 Å². The van der Waals surface area contributed by atoms with E-state index in [4.69, 9.17) is 9.47 Å². The summed E-state index contributed by atoms with van der Waals surface area (Å²) in [4.78, 5) is 15.5. The zero-order valence-electron chi connectivity index (χ0n) is 14.8. The Balaban J connectivity index is 2.04. The van der Waals surface area contributed by atoms with Gasteiger partial charge >= 0.3 is 5.97 Å². The average Bonchev–Trinajstić information content (AvgIpc) is 2.56. The average molecular weight is 336 g/mol. The van der Waals surface area contributed by atoms with Crippen LogP contribution in [0.1, 0.15) is 24.8 Å². The van der Waals surface area contributed by atoms with Crippen molar-refractivity contribution in [1.29, 1.82) is 0 Å². The Kier molecular flexibility index (Phi) is 6.87. The predicted octanol–water partition coefficient (Wildman–Crippen LogP) is 2.07. The van der Waals surface area contributed by atoms with Crippen molar-refractivity contribution in [2.45, 2.75) is 31.8 Å². The van der Waals surface area contributed by atoms with Gasteiger partial charge in [0.15, 0.2) is 11.5 Å². The molecule has 1 unspecified atom stereocenters. The first-order valence-electron chi connectivity index (χ1n) is 8.42. The van der Waals surface area contributed by atoms with Crippen molar-refractivity contribution in [2.24, 2.45) is 0 Å². The molecule has 2 rings (SSSR count). The van der Waals surface area contributed by atoms with Crippen LogP contribution in [0, 0.1) is 0 Å². The molecule has 1 fully saturated rings. The van der Waals surface area contributed by atoms with Gasteiger partial charge in [-0.2, -0.15) is 0 Å². The Bertz CT molecular complexity index is 548. The van der Waals surface area contributed by atoms with Crippen LogP contribution in [0.2, 0.25) is 0 Å². The summed E-state index contributed by atoms with van der Waals surface area (Å²) in [5.41, 5.74) is 1.04. The number of hydrogen-bond donors (Lipinski definition) is 1.